The van der Waals surface area contributed by atoms with Gasteiger partial charge in [-0.1, -0.05) is 0 Å². The van der Waals surface area contributed by atoms with Gasteiger partial charge in [-0.05, 0) is 26.7 Å². The van der Waals surface area contributed by atoms with Crippen molar-refractivity contribution < 1.29 is 9.90 Å². The molecule has 0 aliphatic carbocycles. The molecule has 1 spiro atoms. The number of rotatable bonds is 1. The van der Waals surface area contributed by atoms with E-state index in [1.807, 2.05) is 4.90 Å². The van der Waals surface area contributed by atoms with Gasteiger partial charge in [0.15, 0.2) is 6.04 Å². The molecule has 0 radical (unpaired) electrons. The van der Waals surface area contributed by atoms with E-state index in [4.69, 9.17) is 0 Å². The number of hydrogen-bond acceptors (Lipinski definition) is 4. The summed E-state index contributed by atoms with van der Waals surface area (Å²) in [6.45, 7) is 4.51. The summed E-state index contributed by atoms with van der Waals surface area (Å²) < 4.78 is 0. The third-order valence-corrected chi connectivity index (χ3v) is 4.15. The standard InChI is InChI=1S/C11H17N3O2/c1-6(15)8-9(16)14-5-3-4-11(14)7(2)12-10(11)13-8/h6-8,15H,3-5H2,1-2H3,(H,12,13)/t6-,7?,8+,11?/m1/s1. The predicted molar refractivity (Wildman–Crippen MR) is 59.2 cm³/mol. The summed E-state index contributed by atoms with van der Waals surface area (Å²) >= 11 is 0. The molecule has 0 aromatic heterocycles. The van der Waals surface area contributed by atoms with Gasteiger partial charge in [-0.25, -0.2) is 0 Å². The molecular weight excluding hydrogens is 206 g/mol. The molecule has 2 fully saturated rings. The maximum atomic E-state index is 12.2. The van der Waals surface area contributed by atoms with Crippen LogP contribution in [0.4, 0.5) is 0 Å². The predicted octanol–water partition coefficient (Wildman–Crippen LogP) is -0.499. The maximum Gasteiger partial charge on any atom is 0.251 e. The van der Waals surface area contributed by atoms with Crippen LogP contribution in [0.1, 0.15) is 26.7 Å². The molecule has 16 heavy (non-hydrogen) atoms. The Labute approximate surface area is 94.5 Å². The van der Waals surface area contributed by atoms with Crippen LogP contribution in [0.15, 0.2) is 4.99 Å². The normalized spacial score (nSPS) is 42.8. The minimum absolute atomic E-state index is 0.00963. The van der Waals surface area contributed by atoms with E-state index >= 15 is 0 Å². The lowest BCUT2D eigenvalue weighted by atomic mass is 9.77. The van der Waals surface area contributed by atoms with Gasteiger partial charge in [-0.2, -0.15) is 0 Å². The summed E-state index contributed by atoms with van der Waals surface area (Å²) in [5.74, 6) is 0.896. The zero-order chi connectivity index (χ0) is 11.5. The molecule has 0 aromatic carbocycles. The zero-order valence-electron chi connectivity index (χ0n) is 9.60. The minimum Gasteiger partial charge on any atom is -0.391 e. The van der Waals surface area contributed by atoms with Gasteiger partial charge in [0.05, 0.1) is 12.1 Å². The Hall–Kier alpha value is -1.10. The highest BCUT2D eigenvalue weighted by Crippen LogP contribution is 2.42. The number of carbonyl (C=O) groups is 1. The summed E-state index contributed by atoms with van der Waals surface area (Å²) in [7, 11) is 0. The van der Waals surface area contributed by atoms with Crippen LogP contribution >= 0.6 is 0 Å². The fourth-order valence-corrected chi connectivity index (χ4v) is 3.24. The quantitative estimate of drug-likeness (QED) is 0.630. The number of aliphatic hydroxyl groups excluding tert-OH is 1. The van der Waals surface area contributed by atoms with E-state index < -0.39 is 12.1 Å². The molecule has 0 aromatic rings. The number of aliphatic imine (C=N–C) groups is 1. The first-order valence-corrected chi connectivity index (χ1v) is 5.92. The van der Waals surface area contributed by atoms with Crippen LogP contribution in [0.25, 0.3) is 0 Å². The summed E-state index contributed by atoms with van der Waals surface area (Å²) in [6, 6.07) is -0.325. The average Bonchev–Trinajstić information content (AvgIpc) is 2.68. The van der Waals surface area contributed by atoms with Gasteiger partial charge < -0.3 is 15.3 Å². The number of nitrogens with zero attached hydrogens (tertiary/aromatic N) is 2. The Morgan fingerprint density at radius 2 is 2.44 bits per heavy atom. The molecule has 2 N–H and O–H groups in total. The van der Waals surface area contributed by atoms with Crippen LogP contribution in [0, 0.1) is 0 Å². The van der Waals surface area contributed by atoms with Crippen molar-refractivity contribution in [3.05, 3.63) is 0 Å². The lowest BCUT2D eigenvalue weighted by Crippen LogP contribution is -2.80. The fraction of sp³-hybridized carbons (Fsp3) is 0.818. The van der Waals surface area contributed by atoms with Crippen LogP contribution in [-0.4, -0.2) is 52.0 Å². The van der Waals surface area contributed by atoms with Gasteiger partial charge in [0.1, 0.15) is 11.4 Å². The molecule has 1 amide bonds. The molecule has 3 rings (SSSR count). The molecular formula is C11H17N3O2. The van der Waals surface area contributed by atoms with Crippen molar-refractivity contribution in [1.29, 1.82) is 0 Å². The van der Waals surface area contributed by atoms with Crippen LogP contribution in [0.2, 0.25) is 0 Å². The molecule has 3 heterocycles. The summed E-state index contributed by atoms with van der Waals surface area (Å²) in [5, 5.41) is 12.8. The Morgan fingerprint density at radius 1 is 1.69 bits per heavy atom. The summed E-state index contributed by atoms with van der Waals surface area (Å²) in [4.78, 5) is 18.5. The molecule has 5 heteroatoms. The number of amidine groups is 1. The molecule has 3 aliphatic rings. The van der Waals surface area contributed by atoms with Gasteiger partial charge in [-0.3, -0.25) is 9.79 Å². The monoisotopic (exact) mass is 223 g/mol. The average molecular weight is 223 g/mol. The Balaban J connectivity index is 2.04. The third-order valence-electron chi connectivity index (χ3n) is 4.15. The van der Waals surface area contributed by atoms with Crippen molar-refractivity contribution in [2.24, 2.45) is 4.99 Å². The largest absolute Gasteiger partial charge is 0.391 e. The highest BCUT2D eigenvalue weighted by Gasteiger charge is 2.61. The van der Waals surface area contributed by atoms with Gasteiger partial charge in [-0.15, -0.1) is 0 Å². The van der Waals surface area contributed by atoms with Gasteiger partial charge >= 0.3 is 0 Å². The molecule has 4 atom stereocenters. The SMILES string of the molecule is CC1NC2=N[C@@H]([C@@H](C)O)C(=O)N3CCCC213. The lowest BCUT2D eigenvalue weighted by Gasteiger charge is -2.56. The second-order valence-corrected chi connectivity index (χ2v) is 5.05. The Morgan fingerprint density at radius 3 is 3.06 bits per heavy atom. The van der Waals surface area contributed by atoms with E-state index in [2.05, 4.69) is 17.2 Å². The van der Waals surface area contributed by atoms with Gasteiger partial charge in [0.2, 0.25) is 0 Å². The Bertz CT molecular complexity index is 379. The van der Waals surface area contributed by atoms with E-state index in [-0.39, 0.29) is 17.5 Å². The van der Waals surface area contributed by atoms with Crippen molar-refractivity contribution in [2.45, 2.75) is 50.4 Å². The van der Waals surface area contributed by atoms with Crippen LogP contribution < -0.4 is 5.32 Å². The van der Waals surface area contributed by atoms with Crippen molar-refractivity contribution in [3.8, 4) is 0 Å². The second kappa shape index (κ2) is 2.97. The van der Waals surface area contributed by atoms with E-state index in [0.29, 0.717) is 0 Å². The highest BCUT2D eigenvalue weighted by molar-refractivity contribution is 6.06. The Kier molecular flexibility index (Phi) is 1.87. The smallest absolute Gasteiger partial charge is 0.251 e. The summed E-state index contributed by atoms with van der Waals surface area (Å²) in [6.07, 6.45) is 1.32. The van der Waals surface area contributed by atoms with E-state index in [1.165, 1.54) is 0 Å². The molecule has 0 bridgehead atoms. The topological polar surface area (TPSA) is 64.9 Å². The number of nitrogens with one attached hydrogen (secondary N) is 1. The number of carbonyl (C=O) groups excluding carboxylic acids is 1. The highest BCUT2D eigenvalue weighted by atomic mass is 16.3. The first-order valence-electron chi connectivity index (χ1n) is 5.92. The first kappa shape index (κ1) is 10.1. The van der Waals surface area contributed by atoms with Crippen molar-refractivity contribution in [1.82, 2.24) is 10.2 Å². The molecule has 3 aliphatic heterocycles. The fourth-order valence-electron chi connectivity index (χ4n) is 3.24. The van der Waals surface area contributed by atoms with Crippen molar-refractivity contribution >= 4 is 11.7 Å². The first-order chi connectivity index (χ1) is 7.57. The third kappa shape index (κ3) is 0.948. The summed E-state index contributed by atoms with van der Waals surface area (Å²) in [5.41, 5.74) is -0.164. The van der Waals surface area contributed by atoms with Crippen molar-refractivity contribution in [2.75, 3.05) is 6.54 Å². The molecule has 2 unspecified atom stereocenters. The maximum absolute atomic E-state index is 12.2. The van der Waals surface area contributed by atoms with E-state index in [0.717, 1.165) is 25.2 Å². The zero-order valence-corrected chi connectivity index (χ0v) is 9.60. The number of aliphatic hydroxyl groups is 1. The van der Waals surface area contributed by atoms with E-state index in [1.54, 1.807) is 6.92 Å². The molecule has 88 valence electrons. The lowest BCUT2D eigenvalue weighted by molar-refractivity contribution is -0.140. The molecule has 5 nitrogen and oxygen atoms in total. The number of hydrogen-bond donors (Lipinski definition) is 2. The van der Waals surface area contributed by atoms with Crippen LogP contribution in [0.5, 0.6) is 0 Å². The molecule has 2 saturated heterocycles. The van der Waals surface area contributed by atoms with Crippen LogP contribution in [-0.2, 0) is 4.79 Å². The van der Waals surface area contributed by atoms with Crippen molar-refractivity contribution in [3.63, 3.8) is 0 Å². The number of amides is 1. The molecule has 0 saturated carbocycles. The van der Waals surface area contributed by atoms with Gasteiger partial charge in [0.25, 0.3) is 5.91 Å². The minimum atomic E-state index is -0.712. The van der Waals surface area contributed by atoms with Crippen LogP contribution in [0.3, 0.4) is 0 Å². The second-order valence-electron chi connectivity index (χ2n) is 5.05. The van der Waals surface area contributed by atoms with Gasteiger partial charge in [0, 0.05) is 6.54 Å². The van der Waals surface area contributed by atoms with E-state index in [9.17, 15) is 9.90 Å².